The van der Waals surface area contributed by atoms with E-state index < -0.39 is 5.41 Å². The molecule has 9 nitrogen and oxygen atoms in total. The van der Waals surface area contributed by atoms with E-state index in [0.29, 0.717) is 24.6 Å². The SMILES string of the molecule is CN1C(=O)C(Cc2ccc3c(c2)OCO3)(CN2CC3C[C@H](C2)Cn2c3cccc2=O)C(=O)N(C)C1=S. The third-order valence-electron chi connectivity index (χ3n) is 7.99. The molecular formula is C26H28N4O5S. The van der Waals surface area contributed by atoms with Crippen molar-refractivity contribution in [2.75, 3.05) is 40.5 Å². The number of rotatable bonds is 4. The number of carbonyl (C=O) groups excluding carboxylic acids is 2. The number of hydrogen-bond donors (Lipinski definition) is 0. The number of carbonyl (C=O) groups is 2. The molecule has 2 aromatic rings. The zero-order chi connectivity index (χ0) is 25.2. The maximum absolute atomic E-state index is 13.9. The summed E-state index contributed by atoms with van der Waals surface area (Å²) in [5, 5.41) is 0.204. The van der Waals surface area contributed by atoms with Gasteiger partial charge in [0, 0.05) is 58.0 Å². The highest BCUT2D eigenvalue weighted by Crippen LogP contribution is 2.40. The molecule has 36 heavy (non-hydrogen) atoms. The summed E-state index contributed by atoms with van der Waals surface area (Å²) in [7, 11) is 3.27. The molecule has 4 aliphatic heterocycles. The number of aromatic nitrogens is 1. The minimum absolute atomic E-state index is 0.0318. The highest BCUT2D eigenvalue weighted by atomic mass is 32.1. The molecule has 1 unspecified atom stereocenters. The second-order valence-corrected chi connectivity index (χ2v) is 10.7. The fraction of sp³-hybridized carbons (Fsp3) is 0.462. The number of hydrogen-bond acceptors (Lipinski definition) is 7. The number of benzene rings is 1. The van der Waals surface area contributed by atoms with Crippen LogP contribution in [0.5, 0.6) is 11.5 Å². The molecule has 0 radical (unpaired) electrons. The monoisotopic (exact) mass is 508 g/mol. The van der Waals surface area contributed by atoms with Crippen LogP contribution in [0.3, 0.4) is 0 Å². The topological polar surface area (TPSA) is 84.3 Å². The molecule has 4 aliphatic rings. The van der Waals surface area contributed by atoms with E-state index >= 15 is 0 Å². The molecule has 0 N–H and O–H groups in total. The van der Waals surface area contributed by atoms with Crippen molar-refractivity contribution in [2.45, 2.75) is 25.3 Å². The van der Waals surface area contributed by atoms with Crippen molar-refractivity contribution in [3.8, 4) is 11.5 Å². The highest BCUT2D eigenvalue weighted by molar-refractivity contribution is 7.80. The zero-order valence-corrected chi connectivity index (χ0v) is 21.1. The van der Waals surface area contributed by atoms with Crippen molar-refractivity contribution in [1.29, 1.82) is 0 Å². The van der Waals surface area contributed by atoms with Crippen molar-refractivity contribution in [1.82, 2.24) is 19.3 Å². The van der Waals surface area contributed by atoms with Crippen molar-refractivity contribution in [2.24, 2.45) is 11.3 Å². The fourth-order valence-corrected chi connectivity index (χ4v) is 6.55. The van der Waals surface area contributed by atoms with E-state index in [-0.39, 0.29) is 54.1 Å². The average Bonchev–Trinajstić information content (AvgIpc) is 3.34. The van der Waals surface area contributed by atoms with Crippen LogP contribution in [0.1, 0.15) is 23.6 Å². The molecule has 2 fully saturated rings. The lowest BCUT2D eigenvalue weighted by Crippen LogP contribution is -2.67. The normalized spacial score (nSPS) is 24.8. The molecule has 0 saturated carbocycles. The number of fused-ring (bicyclic) bond motifs is 5. The van der Waals surface area contributed by atoms with Crippen LogP contribution in [0.15, 0.2) is 41.2 Å². The Morgan fingerprint density at radius 1 is 0.972 bits per heavy atom. The summed E-state index contributed by atoms with van der Waals surface area (Å²) in [6.07, 6.45) is 1.22. The van der Waals surface area contributed by atoms with Gasteiger partial charge in [0.25, 0.3) is 5.56 Å². The largest absolute Gasteiger partial charge is 0.454 e. The van der Waals surface area contributed by atoms with Crippen LogP contribution in [-0.2, 0) is 22.6 Å². The van der Waals surface area contributed by atoms with Gasteiger partial charge in [-0.15, -0.1) is 0 Å². The van der Waals surface area contributed by atoms with Gasteiger partial charge >= 0.3 is 0 Å². The highest BCUT2D eigenvalue weighted by Gasteiger charge is 2.55. The van der Waals surface area contributed by atoms with Crippen LogP contribution >= 0.6 is 12.2 Å². The van der Waals surface area contributed by atoms with Crippen molar-refractivity contribution < 1.29 is 19.1 Å². The van der Waals surface area contributed by atoms with Crippen LogP contribution in [-0.4, -0.2) is 76.7 Å². The first kappa shape index (κ1) is 23.2. The summed E-state index contributed by atoms with van der Waals surface area (Å²) in [6.45, 7) is 2.49. The molecule has 2 bridgehead atoms. The van der Waals surface area contributed by atoms with E-state index in [1.54, 1.807) is 20.2 Å². The molecule has 1 aromatic heterocycles. The number of ether oxygens (including phenoxy) is 2. The smallest absolute Gasteiger partial charge is 0.250 e. The van der Waals surface area contributed by atoms with Gasteiger partial charge < -0.3 is 18.9 Å². The minimum atomic E-state index is -1.33. The van der Waals surface area contributed by atoms with Gasteiger partial charge in [-0.05, 0) is 54.7 Å². The van der Waals surface area contributed by atoms with Crippen LogP contribution in [0.4, 0.5) is 0 Å². The molecule has 0 aliphatic carbocycles. The molecule has 0 spiro atoms. The Balaban J connectivity index is 1.35. The Hall–Kier alpha value is -3.24. The molecule has 1 aromatic carbocycles. The van der Waals surface area contributed by atoms with E-state index in [2.05, 4.69) is 4.90 Å². The molecule has 2 atom stereocenters. The molecule has 6 rings (SSSR count). The van der Waals surface area contributed by atoms with Crippen LogP contribution in [0, 0.1) is 11.3 Å². The maximum atomic E-state index is 13.9. The summed E-state index contributed by atoms with van der Waals surface area (Å²) in [6, 6.07) is 11.0. The number of thiocarbonyl (C=S) groups is 1. The summed E-state index contributed by atoms with van der Waals surface area (Å²) < 4.78 is 12.9. The summed E-state index contributed by atoms with van der Waals surface area (Å²) in [5.74, 6) is 1.15. The van der Waals surface area contributed by atoms with Gasteiger partial charge in [0.15, 0.2) is 16.6 Å². The van der Waals surface area contributed by atoms with Gasteiger partial charge in [-0.25, -0.2) is 0 Å². The lowest BCUT2D eigenvalue weighted by atomic mass is 9.75. The Morgan fingerprint density at radius 3 is 2.50 bits per heavy atom. The first-order valence-electron chi connectivity index (χ1n) is 12.2. The second-order valence-electron chi connectivity index (χ2n) is 10.3. The number of piperidine rings is 1. The van der Waals surface area contributed by atoms with Gasteiger partial charge in [0.1, 0.15) is 5.41 Å². The Labute approximate surface area is 214 Å². The first-order chi connectivity index (χ1) is 17.3. The second kappa shape index (κ2) is 8.41. The predicted molar refractivity (Wildman–Crippen MR) is 135 cm³/mol. The fourth-order valence-electron chi connectivity index (χ4n) is 6.38. The predicted octanol–water partition coefficient (Wildman–Crippen LogP) is 1.44. The Bertz CT molecular complexity index is 1320. The van der Waals surface area contributed by atoms with Gasteiger partial charge in [0.05, 0.1) is 0 Å². The zero-order valence-electron chi connectivity index (χ0n) is 20.3. The molecule has 10 heteroatoms. The summed E-state index contributed by atoms with van der Waals surface area (Å²) in [5.41, 5.74) is 0.556. The van der Waals surface area contributed by atoms with Crippen LogP contribution in [0.25, 0.3) is 0 Å². The number of pyridine rings is 1. The number of nitrogens with zero attached hydrogens (tertiary/aromatic N) is 4. The van der Waals surface area contributed by atoms with Crippen molar-refractivity contribution >= 4 is 29.1 Å². The van der Waals surface area contributed by atoms with Gasteiger partial charge in [-0.1, -0.05) is 12.1 Å². The van der Waals surface area contributed by atoms with E-state index in [1.165, 1.54) is 9.80 Å². The first-order valence-corrected chi connectivity index (χ1v) is 12.6. The maximum Gasteiger partial charge on any atom is 0.250 e. The van der Waals surface area contributed by atoms with Gasteiger partial charge in [0.2, 0.25) is 18.6 Å². The Morgan fingerprint density at radius 2 is 1.72 bits per heavy atom. The number of likely N-dealkylation sites (tertiary alicyclic amines) is 1. The lowest BCUT2D eigenvalue weighted by molar-refractivity contribution is -0.157. The van der Waals surface area contributed by atoms with Crippen LogP contribution < -0.4 is 15.0 Å². The van der Waals surface area contributed by atoms with Gasteiger partial charge in [-0.3, -0.25) is 24.2 Å². The standard InChI is InChI=1S/C26H28N4O5S/c1-27-23(32)26(24(33)28(2)25(27)36,10-16-6-7-20-21(9-16)35-15-34-20)14-29-11-17-8-18(13-29)19-4-3-5-22(31)30(19)12-17/h3-7,9,17-18H,8,10-15H2,1-2H3/t17-,18?/m1/s1. The van der Waals surface area contributed by atoms with E-state index in [1.807, 2.05) is 34.9 Å². The van der Waals surface area contributed by atoms with E-state index in [9.17, 15) is 14.4 Å². The van der Waals surface area contributed by atoms with Crippen molar-refractivity contribution in [3.05, 3.63) is 58.0 Å². The van der Waals surface area contributed by atoms with E-state index in [0.717, 1.165) is 24.2 Å². The third kappa shape index (κ3) is 3.54. The molecule has 2 saturated heterocycles. The number of amides is 2. The van der Waals surface area contributed by atoms with Crippen LogP contribution in [0.2, 0.25) is 0 Å². The summed E-state index contributed by atoms with van der Waals surface area (Å²) >= 11 is 5.39. The lowest BCUT2D eigenvalue weighted by Gasteiger charge is -2.48. The Kier molecular flexibility index (Phi) is 5.42. The van der Waals surface area contributed by atoms with E-state index in [4.69, 9.17) is 21.7 Å². The quantitative estimate of drug-likeness (QED) is 0.457. The van der Waals surface area contributed by atoms with Gasteiger partial charge in [-0.2, -0.15) is 0 Å². The molecular weight excluding hydrogens is 480 g/mol. The van der Waals surface area contributed by atoms with Crippen molar-refractivity contribution in [3.63, 3.8) is 0 Å². The third-order valence-corrected chi connectivity index (χ3v) is 8.54. The average molecular weight is 509 g/mol. The molecule has 2 amide bonds. The molecule has 188 valence electrons. The summed E-state index contributed by atoms with van der Waals surface area (Å²) in [4.78, 5) is 45.3. The molecule has 5 heterocycles. The minimum Gasteiger partial charge on any atom is -0.454 e.